The van der Waals surface area contributed by atoms with Gasteiger partial charge in [0.05, 0.1) is 19.3 Å². The first-order valence-corrected chi connectivity index (χ1v) is 7.19. The Kier molecular flexibility index (Phi) is 7.06. The Bertz CT molecular complexity index is 342. The van der Waals surface area contributed by atoms with Crippen LogP contribution in [0.5, 0.6) is 0 Å². The molecule has 1 rings (SSSR count). The van der Waals surface area contributed by atoms with Crippen molar-refractivity contribution in [3.05, 3.63) is 35.9 Å². The second kappa shape index (κ2) is 8.31. The maximum Gasteiger partial charge on any atom is 0.0626 e. The van der Waals surface area contributed by atoms with E-state index in [1.54, 1.807) is 0 Å². The van der Waals surface area contributed by atoms with E-state index in [-0.39, 0.29) is 24.8 Å². The van der Waals surface area contributed by atoms with E-state index >= 15 is 0 Å². The van der Waals surface area contributed by atoms with Crippen molar-refractivity contribution >= 4 is 0 Å². The van der Waals surface area contributed by atoms with Crippen LogP contribution in [0.2, 0.25) is 0 Å². The molecule has 19 heavy (non-hydrogen) atoms. The standard InChI is InChI=1S/C16H27NO2/c1-3-4-8-11-16(2,13-19)17-15(12-18)14-9-6-5-7-10-14/h5-7,9-10,15,17-19H,3-4,8,11-13H2,1-2H3. The van der Waals surface area contributed by atoms with Crippen LogP contribution in [-0.4, -0.2) is 29.0 Å². The van der Waals surface area contributed by atoms with Gasteiger partial charge in [-0.15, -0.1) is 0 Å². The zero-order chi connectivity index (χ0) is 14.1. The number of hydrogen-bond acceptors (Lipinski definition) is 3. The molecule has 0 aliphatic heterocycles. The van der Waals surface area contributed by atoms with Crippen LogP contribution in [0, 0.1) is 0 Å². The average Bonchev–Trinajstić information content (AvgIpc) is 2.46. The van der Waals surface area contributed by atoms with Crippen molar-refractivity contribution in [1.82, 2.24) is 5.32 Å². The molecule has 0 aliphatic rings. The molecule has 3 heteroatoms. The molecule has 0 aromatic heterocycles. The van der Waals surface area contributed by atoms with Gasteiger partial charge in [-0.3, -0.25) is 0 Å². The van der Waals surface area contributed by atoms with Gasteiger partial charge >= 0.3 is 0 Å². The zero-order valence-corrected chi connectivity index (χ0v) is 12.1. The SMILES string of the molecule is CCCCCC(C)(CO)NC(CO)c1ccccc1. The van der Waals surface area contributed by atoms with Crippen LogP contribution in [0.15, 0.2) is 30.3 Å². The largest absolute Gasteiger partial charge is 0.394 e. The first kappa shape index (κ1) is 16.2. The minimum atomic E-state index is -0.335. The van der Waals surface area contributed by atoms with Gasteiger partial charge in [0.25, 0.3) is 0 Å². The molecular formula is C16H27NO2. The van der Waals surface area contributed by atoms with Crippen molar-refractivity contribution in [2.24, 2.45) is 0 Å². The van der Waals surface area contributed by atoms with Crippen LogP contribution in [0.1, 0.15) is 51.1 Å². The topological polar surface area (TPSA) is 52.5 Å². The van der Waals surface area contributed by atoms with E-state index in [2.05, 4.69) is 12.2 Å². The fourth-order valence-corrected chi connectivity index (χ4v) is 2.30. The van der Waals surface area contributed by atoms with Crippen molar-refractivity contribution in [3.63, 3.8) is 0 Å². The fourth-order valence-electron chi connectivity index (χ4n) is 2.30. The maximum atomic E-state index is 9.63. The van der Waals surface area contributed by atoms with Gasteiger partial charge in [-0.2, -0.15) is 0 Å². The summed E-state index contributed by atoms with van der Waals surface area (Å²) in [4.78, 5) is 0. The predicted molar refractivity (Wildman–Crippen MR) is 79.0 cm³/mol. The molecule has 2 unspecified atom stereocenters. The molecule has 0 fully saturated rings. The van der Waals surface area contributed by atoms with Crippen molar-refractivity contribution in [1.29, 1.82) is 0 Å². The highest BCUT2D eigenvalue weighted by atomic mass is 16.3. The molecule has 0 aliphatic carbocycles. The highest BCUT2D eigenvalue weighted by Gasteiger charge is 2.26. The first-order valence-electron chi connectivity index (χ1n) is 7.19. The lowest BCUT2D eigenvalue weighted by atomic mass is 9.93. The summed E-state index contributed by atoms with van der Waals surface area (Å²) in [6.07, 6.45) is 4.35. The number of aliphatic hydroxyl groups is 2. The normalized spacial score (nSPS) is 16.0. The first-order chi connectivity index (χ1) is 9.15. The highest BCUT2D eigenvalue weighted by molar-refractivity contribution is 5.19. The molecule has 2 atom stereocenters. The molecule has 108 valence electrons. The minimum absolute atomic E-state index is 0.0351. The summed E-state index contributed by atoms with van der Waals surface area (Å²) in [5.74, 6) is 0. The smallest absolute Gasteiger partial charge is 0.0626 e. The molecule has 0 saturated carbocycles. The van der Waals surface area contributed by atoms with E-state index in [0.29, 0.717) is 0 Å². The molecule has 0 amide bonds. The lowest BCUT2D eigenvalue weighted by Gasteiger charge is -2.33. The average molecular weight is 265 g/mol. The Morgan fingerprint density at radius 1 is 1.16 bits per heavy atom. The van der Waals surface area contributed by atoms with Crippen LogP contribution in [0.4, 0.5) is 0 Å². The molecule has 0 bridgehead atoms. The fraction of sp³-hybridized carbons (Fsp3) is 0.625. The van der Waals surface area contributed by atoms with Gasteiger partial charge in [0.15, 0.2) is 0 Å². The van der Waals surface area contributed by atoms with Crippen LogP contribution < -0.4 is 5.32 Å². The third-order valence-corrected chi connectivity index (χ3v) is 3.59. The van der Waals surface area contributed by atoms with E-state index in [1.165, 1.54) is 12.8 Å². The molecule has 0 heterocycles. The number of unbranched alkanes of at least 4 members (excludes halogenated alkanes) is 2. The zero-order valence-electron chi connectivity index (χ0n) is 12.1. The number of rotatable bonds is 9. The Labute approximate surface area is 116 Å². The summed E-state index contributed by atoms with van der Waals surface area (Å²) in [7, 11) is 0. The molecule has 0 radical (unpaired) electrons. The predicted octanol–water partition coefficient (Wildman–Crippen LogP) is 2.64. The molecule has 3 nitrogen and oxygen atoms in total. The van der Waals surface area contributed by atoms with E-state index in [1.807, 2.05) is 37.3 Å². The van der Waals surface area contributed by atoms with Gasteiger partial charge in [0, 0.05) is 5.54 Å². The van der Waals surface area contributed by atoms with Gasteiger partial charge in [0.1, 0.15) is 0 Å². The second-order valence-electron chi connectivity index (χ2n) is 5.47. The molecular weight excluding hydrogens is 238 g/mol. The molecule has 0 spiro atoms. The summed E-state index contributed by atoms with van der Waals surface area (Å²) in [5, 5.41) is 22.6. The Morgan fingerprint density at radius 2 is 1.84 bits per heavy atom. The summed E-state index contributed by atoms with van der Waals surface area (Å²) >= 11 is 0. The van der Waals surface area contributed by atoms with Gasteiger partial charge in [-0.25, -0.2) is 0 Å². The Morgan fingerprint density at radius 3 is 2.37 bits per heavy atom. The van der Waals surface area contributed by atoms with E-state index in [9.17, 15) is 10.2 Å². The monoisotopic (exact) mass is 265 g/mol. The number of aliphatic hydroxyl groups excluding tert-OH is 2. The number of hydrogen-bond donors (Lipinski definition) is 3. The lowest BCUT2D eigenvalue weighted by Crippen LogP contribution is -2.48. The van der Waals surface area contributed by atoms with Crippen molar-refractivity contribution in [3.8, 4) is 0 Å². The summed E-state index contributed by atoms with van der Waals surface area (Å²) in [5.41, 5.74) is 0.721. The van der Waals surface area contributed by atoms with Gasteiger partial charge in [-0.05, 0) is 18.9 Å². The summed E-state index contributed by atoms with van der Waals surface area (Å²) in [6, 6.07) is 9.76. The molecule has 3 N–H and O–H groups in total. The van der Waals surface area contributed by atoms with Gasteiger partial charge < -0.3 is 15.5 Å². The summed E-state index contributed by atoms with van der Waals surface area (Å²) < 4.78 is 0. The molecule has 0 saturated heterocycles. The van der Waals surface area contributed by atoms with E-state index < -0.39 is 0 Å². The Balaban J connectivity index is 2.66. The van der Waals surface area contributed by atoms with Gasteiger partial charge in [-0.1, -0.05) is 56.5 Å². The summed E-state index contributed by atoms with van der Waals surface area (Å²) in [6.45, 7) is 4.31. The highest BCUT2D eigenvalue weighted by Crippen LogP contribution is 2.21. The van der Waals surface area contributed by atoms with Gasteiger partial charge in [0.2, 0.25) is 0 Å². The van der Waals surface area contributed by atoms with Crippen molar-refractivity contribution in [2.45, 2.75) is 51.1 Å². The maximum absolute atomic E-state index is 9.63. The third-order valence-electron chi connectivity index (χ3n) is 3.59. The second-order valence-corrected chi connectivity index (χ2v) is 5.47. The number of nitrogens with one attached hydrogen (secondary N) is 1. The lowest BCUT2D eigenvalue weighted by molar-refractivity contribution is 0.129. The number of benzene rings is 1. The van der Waals surface area contributed by atoms with Crippen LogP contribution in [0.3, 0.4) is 0 Å². The van der Waals surface area contributed by atoms with E-state index in [0.717, 1.165) is 18.4 Å². The van der Waals surface area contributed by atoms with E-state index in [4.69, 9.17) is 0 Å². The molecule has 1 aromatic rings. The third kappa shape index (κ3) is 5.31. The van der Waals surface area contributed by atoms with Crippen LogP contribution in [0.25, 0.3) is 0 Å². The Hall–Kier alpha value is -0.900. The van der Waals surface area contributed by atoms with Crippen LogP contribution in [-0.2, 0) is 0 Å². The van der Waals surface area contributed by atoms with Crippen molar-refractivity contribution in [2.75, 3.05) is 13.2 Å². The quantitative estimate of drug-likeness (QED) is 0.602. The minimum Gasteiger partial charge on any atom is -0.394 e. The van der Waals surface area contributed by atoms with Crippen LogP contribution >= 0.6 is 0 Å². The van der Waals surface area contributed by atoms with Crippen molar-refractivity contribution < 1.29 is 10.2 Å². The molecule has 1 aromatic carbocycles.